The SMILES string of the molecule is C1=Cc2cscc2C1.CC.CC.CC.CC.CC.c1scc2c1CCC2. The van der Waals surface area contributed by atoms with Crippen molar-refractivity contribution in [3.63, 3.8) is 0 Å². The molecule has 0 radical (unpaired) electrons. The van der Waals surface area contributed by atoms with Crippen LogP contribution in [0.15, 0.2) is 27.6 Å². The van der Waals surface area contributed by atoms with Crippen LogP contribution >= 0.6 is 22.7 Å². The molecule has 0 aromatic carbocycles. The summed E-state index contributed by atoms with van der Waals surface area (Å²) in [7, 11) is 0. The van der Waals surface area contributed by atoms with Crippen molar-refractivity contribution >= 4 is 28.7 Å². The van der Waals surface area contributed by atoms with Gasteiger partial charge in [0.1, 0.15) is 0 Å². The predicted molar refractivity (Wildman–Crippen MR) is 130 cm³/mol. The highest BCUT2D eigenvalue weighted by atomic mass is 32.1. The van der Waals surface area contributed by atoms with Crippen molar-refractivity contribution in [2.75, 3.05) is 0 Å². The van der Waals surface area contributed by atoms with Crippen molar-refractivity contribution in [1.82, 2.24) is 0 Å². The zero-order valence-electron chi connectivity index (χ0n) is 19.1. The van der Waals surface area contributed by atoms with Crippen LogP contribution in [-0.4, -0.2) is 0 Å². The lowest BCUT2D eigenvalue weighted by Gasteiger charge is -1.80. The molecule has 0 aliphatic heterocycles. The lowest BCUT2D eigenvalue weighted by Crippen LogP contribution is -1.67. The van der Waals surface area contributed by atoms with E-state index in [2.05, 4.69) is 33.7 Å². The van der Waals surface area contributed by atoms with Gasteiger partial charge in [0, 0.05) is 0 Å². The largest absolute Gasteiger partial charge is 0.152 e. The van der Waals surface area contributed by atoms with Gasteiger partial charge in [0.15, 0.2) is 0 Å². The van der Waals surface area contributed by atoms with Gasteiger partial charge in [-0.2, -0.15) is 22.7 Å². The molecule has 26 heavy (non-hydrogen) atoms. The summed E-state index contributed by atoms with van der Waals surface area (Å²) in [6, 6.07) is 0. The molecular formula is C24H44S2. The first-order chi connectivity index (χ1) is 12.9. The molecule has 2 aromatic rings. The molecule has 2 heterocycles. The van der Waals surface area contributed by atoms with E-state index in [1.807, 2.05) is 80.6 Å². The van der Waals surface area contributed by atoms with Crippen LogP contribution in [0.5, 0.6) is 0 Å². The Balaban J connectivity index is -0.000000278. The summed E-state index contributed by atoms with van der Waals surface area (Å²) in [5.41, 5.74) is 6.13. The van der Waals surface area contributed by atoms with Gasteiger partial charge < -0.3 is 0 Å². The minimum Gasteiger partial charge on any atom is -0.152 e. The number of aryl methyl sites for hydroxylation is 2. The first kappa shape index (κ1) is 29.9. The second-order valence-electron chi connectivity index (χ2n) is 4.23. The maximum atomic E-state index is 2.28. The van der Waals surface area contributed by atoms with E-state index in [1.165, 1.54) is 30.4 Å². The highest BCUT2D eigenvalue weighted by Gasteiger charge is 2.09. The third kappa shape index (κ3) is 11.7. The van der Waals surface area contributed by atoms with Crippen LogP contribution in [0.4, 0.5) is 0 Å². The number of allylic oxidation sites excluding steroid dienone is 1. The second-order valence-corrected chi connectivity index (χ2v) is 5.72. The fourth-order valence-corrected chi connectivity index (χ4v) is 3.99. The van der Waals surface area contributed by atoms with E-state index in [0.717, 1.165) is 6.42 Å². The minimum absolute atomic E-state index is 1.15. The molecule has 0 bridgehead atoms. The standard InChI is InChI=1S/C7H8S.C7H6S.5C2H6/c2*1-2-6-4-8-5-7(6)3-1;5*1-2/h4-5H,1-3H2;1-2,4-5H,3H2;5*1-2H3. The molecule has 0 saturated carbocycles. The highest BCUT2D eigenvalue weighted by molar-refractivity contribution is 7.08. The van der Waals surface area contributed by atoms with Gasteiger partial charge in [-0.1, -0.05) is 81.4 Å². The summed E-state index contributed by atoms with van der Waals surface area (Å²) >= 11 is 3.63. The van der Waals surface area contributed by atoms with Gasteiger partial charge in [-0.25, -0.2) is 0 Å². The number of thiophene rings is 2. The van der Waals surface area contributed by atoms with Crippen molar-refractivity contribution < 1.29 is 0 Å². The maximum absolute atomic E-state index is 2.28. The molecule has 0 saturated heterocycles. The average molecular weight is 397 g/mol. The molecule has 2 aromatic heterocycles. The van der Waals surface area contributed by atoms with Crippen molar-refractivity contribution in [2.24, 2.45) is 0 Å². The third-order valence-electron chi connectivity index (χ3n) is 3.14. The Hall–Kier alpha value is -0.860. The summed E-state index contributed by atoms with van der Waals surface area (Å²) in [6.07, 6.45) is 9.60. The molecule has 0 fully saturated rings. The molecule has 0 atom stereocenters. The van der Waals surface area contributed by atoms with Crippen LogP contribution in [0, 0.1) is 0 Å². The fourth-order valence-electron chi connectivity index (χ4n) is 2.22. The molecule has 2 aliphatic carbocycles. The van der Waals surface area contributed by atoms with Gasteiger partial charge >= 0.3 is 0 Å². The second kappa shape index (κ2) is 24.1. The van der Waals surface area contributed by atoms with Crippen LogP contribution in [0.3, 0.4) is 0 Å². The smallest absolute Gasteiger partial charge is 0.00179 e. The Morgan fingerprint density at radius 2 is 1.00 bits per heavy atom. The molecular weight excluding hydrogens is 352 g/mol. The van der Waals surface area contributed by atoms with Crippen LogP contribution in [0.25, 0.3) is 6.08 Å². The Morgan fingerprint density at radius 1 is 0.577 bits per heavy atom. The summed E-state index contributed by atoms with van der Waals surface area (Å²) in [6.45, 7) is 20.0. The zero-order chi connectivity index (χ0) is 20.8. The first-order valence-electron chi connectivity index (χ1n) is 10.7. The zero-order valence-corrected chi connectivity index (χ0v) is 20.7. The molecule has 2 aliphatic rings. The monoisotopic (exact) mass is 396 g/mol. The molecule has 0 amide bonds. The Bertz CT molecular complexity index is 484. The van der Waals surface area contributed by atoms with E-state index in [0.29, 0.717) is 0 Å². The normalized spacial score (nSPS) is 10.7. The van der Waals surface area contributed by atoms with E-state index in [9.17, 15) is 0 Å². The number of fused-ring (bicyclic) bond motifs is 2. The molecule has 2 heteroatoms. The van der Waals surface area contributed by atoms with Crippen molar-refractivity contribution in [2.45, 2.75) is 94.9 Å². The van der Waals surface area contributed by atoms with E-state index in [-0.39, 0.29) is 0 Å². The highest BCUT2D eigenvalue weighted by Crippen LogP contribution is 2.24. The Kier molecular flexibility index (Phi) is 27.7. The molecule has 152 valence electrons. The lowest BCUT2D eigenvalue weighted by atomic mass is 10.2. The molecule has 0 nitrogen and oxygen atoms in total. The van der Waals surface area contributed by atoms with Gasteiger partial charge in [0.05, 0.1) is 0 Å². The van der Waals surface area contributed by atoms with Crippen LogP contribution < -0.4 is 0 Å². The molecule has 0 unspecified atom stereocenters. The average Bonchev–Trinajstić information content (AvgIpc) is 3.51. The third-order valence-corrected chi connectivity index (χ3v) is 4.79. The molecule has 0 spiro atoms. The van der Waals surface area contributed by atoms with Crippen molar-refractivity contribution in [3.8, 4) is 0 Å². The van der Waals surface area contributed by atoms with Gasteiger partial charge in [0.2, 0.25) is 0 Å². The maximum Gasteiger partial charge on any atom is -0.00179 e. The molecule has 0 N–H and O–H groups in total. The van der Waals surface area contributed by atoms with E-state index < -0.39 is 0 Å². The summed E-state index contributed by atoms with van der Waals surface area (Å²) in [5.74, 6) is 0. The molecule has 4 rings (SSSR count). The fraction of sp³-hybridized carbons (Fsp3) is 0.583. The summed E-state index contributed by atoms with van der Waals surface area (Å²) in [4.78, 5) is 0. The lowest BCUT2D eigenvalue weighted by molar-refractivity contribution is 0.911. The Morgan fingerprint density at radius 3 is 1.46 bits per heavy atom. The first-order valence-corrected chi connectivity index (χ1v) is 12.6. The predicted octanol–water partition coefficient (Wildman–Crippen LogP) is 9.69. The van der Waals surface area contributed by atoms with Crippen LogP contribution in [0.2, 0.25) is 0 Å². The van der Waals surface area contributed by atoms with Gasteiger partial charge in [-0.05, 0) is 69.5 Å². The number of rotatable bonds is 0. The van der Waals surface area contributed by atoms with Crippen molar-refractivity contribution in [1.29, 1.82) is 0 Å². The number of hydrogen-bond acceptors (Lipinski definition) is 2. The number of hydrogen-bond donors (Lipinski definition) is 0. The quantitative estimate of drug-likeness (QED) is 0.415. The minimum atomic E-state index is 1.15. The van der Waals surface area contributed by atoms with Gasteiger partial charge in [0.25, 0.3) is 0 Å². The van der Waals surface area contributed by atoms with E-state index in [1.54, 1.807) is 22.5 Å². The Labute approximate surface area is 173 Å². The summed E-state index contributed by atoms with van der Waals surface area (Å²) < 4.78 is 0. The van der Waals surface area contributed by atoms with E-state index >= 15 is 0 Å². The van der Waals surface area contributed by atoms with Crippen LogP contribution in [0.1, 0.15) is 97.9 Å². The van der Waals surface area contributed by atoms with Crippen LogP contribution in [-0.2, 0) is 19.3 Å². The topological polar surface area (TPSA) is 0 Å². The summed E-state index contributed by atoms with van der Waals surface area (Å²) in [5, 5.41) is 8.97. The van der Waals surface area contributed by atoms with E-state index in [4.69, 9.17) is 0 Å². The van der Waals surface area contributed by atoms with Gasteiger partial charge in [-0.15, -0.1) is 0 Å². The van der Waals surface area contributed by atoms with Gasteiger partial charge in [-0.3, -0.25) is 0 Å². The van der Waals surface area contributed by atoms with Crippen molar-refractivity contribution in [3.05, 3.63) is 49.9 Å².